The van der Waals surface area contributed by atoms with Crippen LogP contribution in [-0.2, 0) is 7.05 Å². The predicted octanol–water partition coefficient (Wildman–Crippen LogP) is 7.25. The summed E-state index contributed by atoms with van der Waals surface area (Å²) in [6.45, 7) is 9.35. The molecule has 31 heavy (non-hydrogen) atoms. The third-order valence-corrected chi connectivity index (χ3v) is 5.63. The van der Waals surface area contributed by atoms with Crippen molar-refractivity contribution in [1.82, 2.24) is 4.57 Å². The molecule has 0 amide bonds. The molecule has 0 fully saturated rings. The second-order valence-electron chi connectivity index (χ2n) is 8.19. The molecular weight excluding hydrogens is 382 g/mol. The van der Waals surface area contributed by atoms with Gasteiger partial charge in [-0.15, -0.1) is 0 Å². The average molecular weight is 417 g/mol. The van der Waals surface area contributed by atoms with Crippen LogP contribution in [0.5, 0.6) is 5.75 Å². The molecule has 1 unspecified atom stereocenters. The van der Waals surface area contributed by atoms with Crippen LogP contribution in [0.2, 0.25) is 0 Å². The normalized spacial score (nSPS) is 11.8. The molecule has 0 bridgehead atoms. The fourth-order valence-corrected chi connectivity index (χ4v) is 3.80. The van der Waals surface area contributed by atoms with Crippen molar-refractivity contribution in [3.05, 3.63) is 78.7 Å². The summed E-state index contributed by atoms with van der Waals surface area (Å²) in [5, 5.41) is 0. The number of imidazole rings is 1. The lowest BCUT2D eigenvalue weighted by Gasteiger charge is -2.16. The molecule has 0 aliphatic heterocycles. The van der Waals surface area contributed by atoms with Gasteiger partial charge in [-0.3, -0.25) is 0 Å². The average Bonchev–Trinajstić information content (AvgIpc) is 3.24. The van der Waals surface area contributed by atoms with Gasteiger partial charge in [-0.1, -0.05) is 81.8 Å². The molecule has 2 aromatic carbocycles. The molecule has 0 radical (unpaired) electrons. The summed E-state index contributed by atoms with van der Waals surface area (Å²) in [5.74, 6) is 0.880. The molecule has 0 N–H and O–H groups in total. The summed E-state index contributed by atoms with van der Waals surface area (Å²) in [7, 11) is 2.04. The standard InChI is InChI=1S/C27H34N3O/c1-4-5-6-7-8-9-10-11-27(30-21-20-29(3)22-30)31-26-18-14-24(15-19-26)23-12-16-25(28-2)17-13-23/h12-22,27H,4-11H2,1,3H3/q+1. The quantitative estimate of drug-likeness (QED) is 0.173. The number of aryl methyl sites for hydroxylation is 1. The Labute approximate surface area is 186 Å². The van der Waals surface area contributed by atoms with E-state index in [0.717, 1.165) is 23.3 Å². The van der Waals surface area contributed by atoms with E-state index >= 15 is 0 Å². The highest BCUT2D eigenvalue weighted by Gasteiger charge is 2.18. The molecule has 0 aliphatic carbocycles. The van der Waals surface area contributed by atoms with E-state index < -0.39 is 0 Å². The smallest absolute Gasteiger partial charge is 0.246 e. The van der Waals surface area contributed by atoms with Crippen LogP contribution in [0.4, 0.5) is 5.69 Å². The predicted molar refractivity (Wildman–Crippen MR) is 126 cm³/mol. The van der Waals surface area contributed by atoms with Gasteiger partial charge in [-0.25, -0.2) is 9.41 Å². The van der Waals surface area contributed by atoms with Gasteiger partial charge in [0.05, 0.1) is 13.6 Å². The zero-order chi connectivity index (χ0) is 21.9. The van der Waals surface area contributed by atoms with Gasteiger partial charge in [0.25, 0.3) is 0 Å². The topological polar surface area (TPSA) is 22.4 Å². The minimum atomic E-state index is 0.000594. The fourth-order valence-electron chi connectivity index (χ4n) is 3.80. The van der Waals surface area contributed by atoms with E-state index in [1.54, 1.807) is 0 Å². The number of hydrogen-bond donors (Lipinski definition) is 0. The summed E-state index contributed by atoms with van der Waals surface area (Å²) in [6.07, 6.45) is 16.3. The Hall–Kier alpha value is -3.06. The molecule has 1 heterocycles. The Balaban J connectivity index is 1.60. The van der Waals surface area contributed by atoms with E-state index in [1.165, 1.54) is 44.9 Å². The first-order valence-corrected chi connectivity index (χ1v) is 11.5. The number of ether oxygens (including phenoxy) is 1. The van der Waals surface area contributed by atoms with Crippen molar-refractivity contribution in [1.29, 1.82) is 0 Å². The molecule has 4 heteroatoms. The highest BCUT2D eigenvalue weighted by molar-refractivity contribution is 5.66. The fraction of sp³-hybridized carbons (Fsp3) is 0.407. The van der Waals surface area contributed by atoms with Crippen LogP contribution in [0.1, 0.15) is 64.5 Å². The van der Waals surface area contributed by atoms with Crippen molar-refractivity contribution in [2.45, 2.75) is 64.5 Å². The number of rotatable bonds is 12. The van der Waals surface area contributed by atoms with Crippen LogP contribution in [0.25, 0.3) is 16.0 Å². The summed E-state index contributed by atoms with van der Waals surface area (Å²) >= 11 is 0. The third-order valence-electron chi connectivity index (χ3n) is 5.63. The lowest BCUT2D eigenvalue weighted by molar-refractivity contribution is -0.671. The Morgan fingerprint density at radius 1 is 0.903 bits per heavy atom. The Kier molecular flexibility index (Phi) is 8.72. The van der Waals surface area contributed by atoms with Crippen LogP contribution in [0.3, 0.4) is 0 Å². The highest BCUT2D eigenvalue weighted by Crippen LogP contribution is 2.27. The number of unbranched alkanes of at least 4 members (excludes halogenated alkanes) is 6. The van der Waals surface area contributed by atoms with E-state index in [0.29, 0.717) is 5.69 Å². The maximum atomic E-state index is 7.09. The van der Waals surface area contributed by atoms with Gasteiger partial charge >= 0.3 is 0 Å². The van der Waals surface area contributed by atoms with Crippen molar-refractivity contribution < 1.29 is 9.30 Å². The zero-order valence-electron chi connectivity index (χ0n) is 18.8. The van der Waals surface area contributed by atoms with Crippen LogP contribution in [-0.4, -0.2) is 4.57 Å². The molecular formula is C27H34N3O+. The van der Waals surface area contributed by atoms with E-state index in [2.05, 4.69) is 51.8 Å². The largest absolute Gasteiger partial charge is 0.452 e. The molecule has 0 saturated heterocycles. The van der Waals surface area contributed by atoms with E-state index in [9.17, 15) is 0 Å². The molecule has 4 nitrogen and oxygen atoms in total. The molecule has 1 atom stereocenters. The summed E-state index contributed by atoms with van der Waals surface area (Å²) < 4.78 is 10.6. The minimum Gasteiger partial charge on any atom is -0.452 e. The molecule has 0 spiro atoms. The molecule has 162 valence electrons. The van der Waals surface area contributed by atoms with Crippen LogP contribution in [0, 0.1) is 6.57 Å². The van der Waals surface area contributed by atoms with Gasteiger partial charge in [0.15, 0.2) is 5.69 Å². The van der Waals surface area contributed by atoms with Crippen LogP contribution in [0.15, 0.2) is 67.3 Å². The van der Waals surface area contributed by atoms with Crippen molar-refractivity contribution in [2.75, 3.05) is 0 Å². The number of aromatic nitrogens is 2. The lowest BCUT2D eigenvalue weighted by Crippen LogP contribution is -2.25. The SMILES string of the molecule is [C-]#[N+]c1ccc(-c2ccc(OC(CCCCCCCCC)n3cc[n+](C)c3)cc2)cc1. The Bertz CT molecular complexity index is 951. The minimum absolute atomic E-state index is 0.000594. The first kappa shape index (κ1) is 22.6. The second-order valence-corrected chi connectivity index (χ2v) is 8.19. The first-order valence-electron chi connectivity index (χ1n) is 11.5. The van der Waals surface area contributed by atoms with Gasteiger partial charge in [0.2, 0.25) is 12.6 Å². The molecule has 1 aromatic heterocycles. The van der Waals surface area contributed by atoms with Gasteiger partial charge < -0.3 is 4.74 Å². The van der Waals surface area contributed by atoms with E-state index in [1.807, 2.05) is 43.4 Å². The van der Waals surface area contributed by atoms with E-state index in [4.69, 9.17) is 11.3 Å². The van der Waals surface area contributed by atoms with Crippen LogP contribution < -0.4 is 9.30 Å². The summed E-state index contributed by atoms with van der Waals surface area (Å²) in [6, 6.07) is 16.0. The number of nitrogens with zero attached hydrogens (tertiary/aromatic N) is 3. The Morgan fingerprint density at radius 3 is 2.10 bits per heavy atom. The van der Waals surface area contributed by atoms with Crippen molar-refractivity contribution in [3.63, 3.8) is 0 Å². The number of hydrogen-bond acceptors (Lipinski definition) is 1. The molecule has 0 aliphatic rings. The van der Waals surface area contributed by atoms with Gasteiger partial charge in [0, 0.05) is 6.42 Å². The van der Waals surface area contributed by atoms with Gasteiger partial charge in [0.1, 0.15) is 18.1 Å². The van der Waals surface area contributed by atoms with Gasteiger partial charge in [-0.05, 0) is 29.7 Å². The van der Waals surface area contributed by atoms with Gasteiger partial charge in [-0.2, -0.15) is 4.57 Å². The third kappa shape index (κ3) is 7.00. The Morgan fingerprint density at radius 2 is 1.52 bits per heavy atom. The van der Waals surface area contributed by atoms with Crippen molar-refractivity contribution >= 4 is 5.69 Å². The zero-order valence-corrected chi connectivity index (χ0v) is 18.8. The maximum absolute atomic E-state index is 7.09. The van der Waals surface area contributed by atoms with Crippen molar-refractivity contribution in [2.24, 2.45) is 7.05 Å². The second kappa shape index (κ2) is 12.0. The molecule has 3 aromatic rings. The first-order chi connectivity index (χ1) is 15.2. The highest BCUT2D eigenvalue weighted by atomic mass is 16.5. The maximum Gasteiger partial charge on any atom is 0.246 e. The summed E-state index contributed by atoms with van der Waals surface area (Å²) in [4.78, 5) is 3.46. The molecule has 0 saturated carbocycles. The number of benzene rings is 2. The summed E-state index contributed by atoms with van der Waals surface area (Å²) in [5.41, 5.74) is 2.90. The van der Waals surface area contributed by atoms with E-state index in [-0.39, 0.29) is 6.23 Å². The van der Waals surface area contributed by atoms with Crippen molar-refractivity contribution in [3.8, 4) is 16.9 Å². The lowest BCUT2D eigenvalue weighted by atomic mass is 10.1. The monoisotopic (exact) mass is 416 g/mol. The van der Waals surface area contributed by atoms with Crippen LogP contribution >= 0.6 is 0 Å². The molecule has 3 rings (SSSR count).